The van der Waals surface area contributed by atoms with Crippen LogP contribution in [-0.4, -0.2) is 25.7 Å². The molecule has 1 aliphatic carbocycles. The molecular weight excluding hydrogens is 202 g/mol. The predicted molar refractivity (Wildman–Crippen MR) is 62.0 cm³/mol. The van der Waals surface area contributed by atoms with Gasteiger partial charge >= 0.3 is 0 Å². The highest BCUT2D eigenvalue weighted by Crippen LogP contribution is 2.53. The molecule has 0 saturated heterocycles. The molecule has 5 heteroatoms. The normalized spacial score (nSPS) is 19.9. The van der Waals surface area contributed by atoms with Crippen LogP contribution in [-0.2, 0) is 11.0 Å². The van der Waals surface area contributed by atoms with Gasteiger partial charge in [-0.3, -0.25) is 0 Å². The van der Waals surface area contributed by atoms with Crippen LogP contribution in [0.3, 0.4) is 0 Å². The summed E-state index contributed by atoms with van der Waals surface area (Å²) in [6.45, 7) is 10.3. The second-order valence-electron chi connectivity index (χ2n) is 6.38. The zero-order valence-corrected chi connectivity index (χ0v) is 10.8. The van der Waals surface area contributed by atoms with E-state index in [2.05, 4.69) is 36.2 Å². The molecule has 1 saturated carbocycles. The van der Waals surface area contributed by atoms with Gasteiger partial charge < -0.3 is 5.73 Å². The highest BCUT2D eigenvalue weighted by molar-refractivity contribution is 5.24. The van der Waals surface area contributed by atoms with E-state index < -0.39 is 0 Å². The zero-order valence-electron chi connectivity index (χ0n) is 10.8. The lowest BCUT2D eigenvalue weighted by molar-refractivity contribution is 0.301. The number of tetrazole rings is 1. The number of rotatable bonds is 2. The molecule has 0 atom stereocenters. The van der Waals surface area contributed by atoms with E-state index in [4.69, 9.17) is 5.73 Å². The fourth-order valence-corrected chi connectivity index (χ4v) is 1.97. The van der Waals surface area contributed by atoms with Crippen LogP contribution in [0.1, 0.15) is 53.3 Å². The van der Waals surface area contributed by atoms with Crippen molar-refractivity contribution < 1.29 is 0 Å². The van der Waals surface area contributed by atoms with Gasteiger partial charge in [-0.1, -0.05) is 0 Å². The third-order valence-corrected chi connectivity index (χ3v) is 3.43. The number of hydrogen-bond donors (Lipinski definition) is 1. The molecule has 0 spiro atoms. The maximum atomic E-state index is 6.21. The van der Waals surface area contributed by atoms with Crippen LogP contribution in [0.5, 0.6) is 0 Å². The van der Waals surface area contributed by atoms with Crippen LogP contribution in [0.15, 0.2) is 0 Å². The van der Waals surface area contributed by atoms with E-state index >= 15 is 0 Å². The second-order valence-corrected chi connectivity index (χ2v) is 6.38. The van der Waals surface area contributed by atoms with E-state index in [9.17, 15) is 0 Å². The maximum Gasteiger partial charge on any atom is 0.182 e. The van der Waals surface area contributed by atoms with Crippen molar-refractivity contribution in [2.75, 3.05) is 0 Å². The van der Waals surface area contributed by atoms with Crippen molar-refractivity contribution in [3.8, 4) is 0 Å². The van der Waals surface area contributed by atoms with Crippen molar-refractivity contribution in [3.63, 3.8) is 0 Å². The molecule has 1 aliphatic rings. The third kappa shape index (κ3) is 1.63. The van der Waals surface area contributed by atoms with E-state index in [1.807, 2.05) is 13.8 Å². The lowest BCUT2D eigenvalue weighted by atomic mass is 9.84. The van der Waals surface area contributed by atoms with Crippen molar-refractivity contribution in [2.24, 2.45) is 5.73 Å². The van der Waals surface area contributed by atoms with Crippen molar-refractivity contribution in [1.82, 2.24) is 20.2 Å². The van der Waals surface area contributed by atoms with Crippen LogP contribution < -0.4 is 5.73 Å². The number of nitrogens with two attached hydrogens (primary N) is 1. The Balaban J connectivity index is 2.34. The Morgan fingerprint density at radius 3 is 2.06 bits per heavy atom. The zero-order chi connectivity index (χ0) is 12.2. The lowest BCUT2D eigenvalue weighted by Crippen LogP contribution is -2.46. The first-order valence-corrected chi connectivity index (χ1v) is 5.77. The molecule has 1 fully saturated rings. The first-order chi connectivity index (χ1) is 7.17. The van der Waals surface area contributed by atoms with Crippen molar-refractivity contribution >= 4 is 0 Å². The highest BCUT2D eigenvalue weighted by atomic mass is 15.6. The SMILES string of the molecule is CC(C)(C)n1nnc(C2(C(C)(C)N)CC2)n1. The maximum absolute atomic E-state index is 6.21. The van der Waals surface area contributed by atoms with Gasteiger partial charge in [0.05, 0.1) is 11.0 Å². The second kappa shape index (κ2) is 3.03. The Kier molecular flexibility index (Phi) is 2.18. The van der Waals surface area contributed by atoms with Gasteiger partial charge in [-0.25, -0.2) is 0 Å². The van der Waals surface area contributed by atoms with E-state index in [1.54, 1.807) is 4.80 Å². The van der Waals surface area contributed by atoms with Gasteiger partial charge in [-0.05, 0) is 52.7 Å². The molecule has 0 unspecified atom stereocenters. The molecule has 2 rings (SSSR count). The van der Waals surface area contributed by atoms with Crippen LogP contribution in [0, 0.1) is 0 Å². The Labute approximate surface area is 96.4 Å². The summed E-state index contributed by atoms with van der Waals surface area (Å²) in [5.41, 5.74) is 5.75. The molecule has 16 heavy (non-hydrogen) atoms. The standard InChI is InChI=1S/C11H21N5/c1-9(2,3)16-14-8(13-15-16)11(6-7-11)10(4,5)12/h6-7,12H2,1-5H3. The average Bonchev–Trinajstić information content (AvgIpc) is 2.75. The average molecular weight is 223 g/mol. The lowest BCUT2D eigenvalue weighted by Gasteiger charge is -2.27. The first kappa shape index (κ1) is 11.5. The fourth-order valence-electron chi connectivity index (χ4n) is 1.97. The van der Waals surface area contributed by atoms with Crippen molar-refractivity contribution in [3.05, 3.63) is 5.82 Å². The summed E-state index contributed by atoms with van der Waals surface area (Å²) in [5, 5.41) is 12.8. The van der Waals surface area contributed by atoms with Crippen LogP contribution >= 0.6 is 0 Å². The van der Waals surface area contributed by atoms with Gasteiger partial charge in [-0.2, -0.15) is 4.80 Å². The summed E-state index contributed by atoms with van der Waals surface area (Å²) in [4.78, 5) is 1.67. The highest BCUT2D eigenvalue weighted by Gasteiger charge is 2.57. The van der Waals surface area contributed by atoms with Gasteiger partial charge in [0.15, 0.2) is 5.82 Å². The van der Waals surface area contributed by atoms with E-state index in [1.165, 1.54) is 0 Å². The third-order valence-electron chi connectivity index (χ3n) is 3.43. The van der Waals surface area contributed by atoms with Crippen LogP contribution in [0.4, 0.5) is 0 Å². The smallest absolute Gasteiger partial charge is 0.182 e. The monoisotopic (exact) mass is 223 g/mol. The van der Waals surface area contributed by atoms with Gasteiger partial charge in [0.25, 0.3) is 0 Å². The largest absolute Gasteiger partial charge is 0.325 e. The summed E-state index contributed by atoms with van der Waals surface area (Å²) < 4.78 is 0. The van der Waals surface area contributed by atoms with E-state index in [0.29, 0.717) is 0 Å². The molecule has 90 valence electrons. The number of nitrogens with zero attached hydrogens (tertiary/aromatic N) is 4. The summed E-state index contributed by atoms with van der Waals surface area (Å²) >= 11 is 0. The van der Waals surface area contributed by atoms with Gasteiger partial charge in [0, 0.05) is 5.54 Å². The Hall–Kier alpha value is -0.970. The minimum absolute atomic E-state index is 0.0590. The summed E-state index contributed by atoms with van der Waals surface area (Å²) in [6, 6.07) is 0. The molecule has 0 aliphatic heterocycles. The molecule has 1 heterocycles. The number of hydrogen-bond acceptors (Lipinski definition) is 4. The topological polar surface area (TPSA) is 69.6 Å². The molecule has 5 nitrogen and oxygen atoms in total. The molecule has 0 bridgehead atoms. The van der Waals surface area contributed by atoms with Gasteiger partial charge in [0.1, 0.15) is 0 Å². The predicted octanol–water partition coefficient (Wildman–Crippen LogP) is 1.20. The molecular formula is C11H21N5. The van der Waals surface area contributed by atoms with Crippen molar-refractivity contribution in [2.45, 2.75) is 64.0 Å². The van der Waals surface area contributed by atoms with E-state index in [-0.39, 0.29) is 16.5 Å². The minimum atomic E-state index is -0.279. The Morgan fingerprint density at radius 1 is 1.19 bits per heavy atom. The minimum Gasteiger partial charge on any atom is -0.325 e. The first-order valence-electron chi connectivity index (χ1n) is 5.77. The molecule has 1 aromatic heterocycles. The quantitative estimate of drug-likeness (QED) is 0.817. The molecule has 2 N–H and O–H groups in total. The Bertz CT molecular complexity index is 389. The van der Waals surface area contributed by atoms with Gasteiger partial charge in [0.2, 0.25) is 0 Å². The molecule has 1 aromatic rings. The summed E-state index contributed by atoms with van der Waals surface area (Å²) in [5.74, 6) is 0.801. The van der Waals surface area contributed by atoms with Crippen LogP contribution in [0.2, 0.25) is 0 Å². The van der Waals surface area contributed by atoms with Crippen LogP contribution in [0.25, 0.3) is 0 Å². The molecule has 0 aromatic carbocycles. The van der Waals surface area contributed by atoms with Crippen molar-refractivity contribution in [1.29, 1.82) is 0 Å². The van der Waals surface area contributed by atoms with Gasteiger partial charge in [-0.15, -0.1) is 10.2 Å². The van der Waals surface area contributed by atoms with E-state index in [0.717, 1.165) is 18.7 Å². The molecule has 0 radical (unpaired) electrons. The summed E-state index contributed by atoms with van der Waals surface area (Å²) in [6.07, 6.45) is 2.12. The Morgan fingerprint density at radius 2 is 1.75 bits per heavy atom. The summed E-state index contributed by atoms with van der Waals surface area (Å²) in [7, 11) is 0. The molecule has 0 amide bonds. The number of aromatic nitrogens is 4. The fraction of sp³-hybridized carbons (Fsp3) is 0.909.